The molecule has 1 fully saturated rings. The molecule has 1 saturated heterocycles. The van der Waals surface area contributed by atoms with Gasteiger partial charge in [-0.25, -0.2) is 0 Å². The fraction of sp³-hybridized carbons (Fsp3) is 0.500. The molecule has 1 aromatic carbocycles. The highest BCUT2D eigenvalue weighted by Crippen LogP contribution is 2.33. The zero-order chi connectivity index (χ0) is 10.2. The standard InChI is InChI=1S/C12H17NO/c1-12(2)8-13(9-12)11-5-3-10(7-14)4-6-11/h3-6,14H,7-9H2,1-2H3. The first kappa shape index (κ1) is 9.53. The highest BCUT2D eigenvalue weighted by Gasteiger charge is 2.33. The highest BCUT2D eigenvalue weighted by atomic mass is 16.3. The molecule has 0 aromatic heterocycles. The van der Waals surface area contributed by atoms with Crippen LogP contribution in [-0.4, -0.2) is 18.2 Å². The maximum Gasteiger partial charge on any atom is 0.0681 e. The Morgan fingerprint density at radius 1 is 1.21 bits per heavy atom. The minimum Gasteiger partial charge on any atom is -0.392 e. The van der Waals surface area contributed by atoms with Crippen molar-refractivity contribution in [2.75, 3.05) is 18.0 Å². The van der Waals surface area contributed by atoms with Gasteiger partial charge < -0.3 is 10.0 Å². The summed E-state index contributed by atoms with van der Waals surface area (Å²) < 4.78 is 0. The van der Waals surface area contributed by atoms with Crippen LogP contribution in [0.15, 0.2) is 24.3 Å². The second-order valence-corrected chi connectivity index (χ2v) is 4.84. The van der Waals surface area contributed by atoms with Gasteiger partial charge in [-0.05, 0) is 23.1 Å². The average Bonchev–Trinajstić information content (AvgIpc) is 2.14. The summed E-state index contributed by atoms with van der Waals surface area (Å²) in [7, 11) is 0. The molecular formula is C12H17NO. The van der Waals surface area contributed by atoms with Crippen LogP contribution < -0.4 is 4.90 Å². The van der Waals surface area contributed by atoms with E-state index >= 15 is 0 Å². The molecule has 0 radical (unpaired) electrons. The Kier molecular flexibility index (Phi) is 2.23. The normalized spacial score (nSPS) is 19.2. The third-order valence-electron chi connectivity index (χ3n) is 2.72. The van der Waals surface area contributed by atoms with Gasteiger partial charge in [0, 0.05) is 18.8 Å². The highest BCUT2D eigenvalue weighted by molar-refractivity contribution is 5.50. The van der Waals surface area contributed by atoms with Crippen molar-refractivity contribution in [2.45, 2.75) is 20.5 Å². The van der Waals surface area contributed by atoms with Crippen LogP contribution >= 0.6 is 0 Å². The van der Waals surface area contributed by atoms with Crippen molar-refractivity contribution in [1.82, 2.24) is 0 Å². The maximum absolute atomic E-state index is 8.91. The third-order valence-corrected chi connectivity index (χ3v) is 2.72. The number of anilines is 1. The molecule has 0 saturated carbocycles. The smallest absolute Gasteiger partial charge is 0.0681 e. The maximum atomic E-state index is 8.91. The van der Waals surface area contributed by atoms with E-state index in [0.717, 1.165) is 18.7 Å². The quantitative estimate of drug-likeness (QED) is 0.773. The molecule has 14 heavy (non-hydrogen) atoms. The summed E-state index contributed by atoms with van der Waals surface area (Å²) in [5, 5.41) is 8.91. The summed E-state index contributed by atoms with van der Waals surface area (Å²) in [5.41, 5.74) is 2.71. The van der Waals surface area contributed by atoms with E-state index in [9.17, 15) is 0 Å². The largest absolute Gasteiger partial charge is 0.392 e. The number of benzene rings is 1. The van der Waals surface area contributed by atoms with Gasteiger partial charge in [-0.2, -0.15) is 0 Å². The number of hydrogen-bond donors (Lipinski definition) is 1. The SMILES string of the molecule is CC1(C)CN(c2ccc(CO)cc2)C1. The summed E-state index contributed by atoms with van der Waals surface area (Å²) in [6.45, 7) is 6.96. The second-order valence-electron chi connectivity index (χ2n) is 4.84. The monoisotopic (exact) mass is 191 g/mol. The zero-order valence-electron chi connectivity index (χ0n) is 8.83. The third kappa shape index (κ3) is 1.75. The van der Waals surface area contributed by atoms with Crippen LogP contribution in [0.3, 0.4) is 0 Å². The van der Waals surface area contributed by atoms with Crippen LogP contribution in [0.25, 0.3) is 0 Å². The van der Waals surface area contributed by atoms with Crippen molar-refractivity contribution in [1.29, 1.82) is 0 Å². The Morgan fingerprint density at radius 3 is 2.21 bits per heavy atom. The van der Waals surface area contributed by atoms with Gasteiger partial charge in [0.1, 0.15) is 0 Å². The average molecular weight is 191 g/mol. The molecule has 1 heterocycles. The number of nitrogens with zero attached hydrogens (tertiary/aromatic N) is 1. The molecule has 76 valence electrons. The Morgan fingerprint density at radius 2 is 1.79 bits per heavy atom. The van der Waals surface area contributed by atoms with Gasteiger partial charge in [0.25, 0.3) is 0 Å². The summed E-state index contributed by atoms with van der Waals surface area (Å²) in [6.07, 6.45) is 0. The Labute approximate surface area is 85.2 Å². The summed E-state index contributed by atoms with van der Waals surface area (Å²) >= 11 is 0. The topological polar surface area (TPSA) is 23.5 Å². The Hall–Kier alpha value is -1.02. The van der Waals surface area contributed by atoms with E-state index < -0.39 is 0 Å². The Bertz CT molecular complexity index is 308. The number of aliphatic hydroxyl groups is 1. The summed E-state index contributed by atoms with van der Waals surface area (Å²) in [6, 6.07) is 8.14. The molecule has 0 spiro atoms. The van der Waals surface area contributed by atoms with Crippen molar-refractivity contribution >= 4 is 5.69 Å². The molecule has 2 heteroatoms. The first-order chi connectivity index (χ1) is 6.61. The number of rotatable bonds is 2. The van der Waals surface area contributed by atoms with E-state index in [1.54, 1.807) is 0 Å². The number of hydrogen-bond acceptors (Lipinski definition) is 2. The van der Waals surface area contributed by atoms with Crippen LogP contribution in [0.4, 0.5) is 5.69 Å². The summed E-state index contributed by atoms with van der Waals surface area (Å²) in [5.74, 6) is 0. The van der Waals surface area contributed by atoms with E-state index in [0.29, 0.717) is 5.41 Å². The van der Waals surface area contributed by atoms with Crippen molar-refractivity contribution < 1.29 is 5.11 Å². The van der Waals surface area contributed by atoms with Crippen LogP contribution in [0, 0.1) is 5.41 Å². The lowest BCUT2D eigenvalue weighted by molar-refractivity contribution is 0.275. The zero-order valence-corrected chi connectivity index (χ0v) is 8.83. The van der Waals surface area contributed by atoms with Crippen LogP contribution in [0.5, 0.6) is 0 Å². The van der Waals surface area contributed by atoms with Crippen molar-refractivity contribution in [3.05, 3.63) is 29.8 Å². The number of aliphatic hydroxyl groups excluding tert-OH is 1. The predicted octanol–water partition coefficient (Wildman–Crippen LogP) is 2.03. The van der Waals surface area contributed by atoms with E-state index in [-0.39, 0.29) is 6.61 Å². The van der Waals surface area contributed by atoms with Crippen LogP contribution in [0.2, 0.25) is 0 Å². The first-order valence-electron chi connectivity index (χ1n) is 5.05. The fourth-order valence-electron chi connectivity index (χ4n) is 1.98. The van der Waals surface area contributed by atoms with E-state index in [4.69, 9.17) is 5.11 Å². The van der Waals surface area contributed by atoms with Gasteiger partial charge in [-0.1, -0.05) is 26.0 Å². The molecule has 2 nitrogen and oxygen atoms in total. The van der Waals surface area contributed by atoms with Gasteiger partial charge in [0.2, 0.25) is 0 Å². The summed E-state index contributed by atoms with van der Waals surface area (Å²) in [4.78, 5) is 2.36. The first-order valence-corrected chi connectivity index (χ1v) is 5.05. The van der Waals surface area contributed by atoms with E-state index in [1.807, 2.05) is 12.1 Å². The molecule has 0 atom stereocenters. The second kappa shape index (κ2) is 3.28. The fourth-order valence-corrected chi connectivity index (χ4v) is 1.98. The molecule has 1 aliphatic rings. The van der Waals surface area contributed by atoms with Gasteiger partial charge in [-0.15, -0.1) is 0 Å². The van der Waals surface area contributed by atoms with Crippen molar-refractivity contribution in [3.8, 4) is 0 Å². The molecule has 1 aliphatic heterocycles. The van der Waals surface area contributed by atoms with Crippen molar-refractivity contribution in [3.63, 3.8) is 0 Å². The molecule has 0 aliphatic carbocycles. The predicted molar refractivity (Wildman–Crippen MR) is 58.4 cm³/mol. The van der Waals surface area contributed by atoms with Gasteiger partial charge in [0.05, 0.1) is 6.61 Å². The van der Waals surface area contributed by atoms with Crippen LogP contribution in [0.1, 0.15) is 19.4 Å². The minimum absolute atomic E-state index is 0.131. The van der Waals surface area contributed by atoms with Crippen LogP contribution in [-0.2, 0) is 6.61 Å². The van der Waals surface area contributed by atoms with Gasteiger partial charge >= 0.3 is 0 Å². The lowest BCUT2D eigenvalue weighted by atomic mass is 9.84. The van der Waals surface area contributed by atoms with Crippen molar-refractivity contribution in [2.24, 2.45) is 5.41 Å². The molecule has 2 rings (SSSR count). The van der Waals surface area contributed by atoms with E-state index in [2.05, 4.69) is 30.9 Å². The van der Waals surface area contributed by atoms with Gasteiger partial charge in [-0.3, -0.25) is 0 Å². The molecule has 0 amide bonds. The minimum atomic E-state index is 0.131. The molecule has 1 N–H and O–H groups in total. The lowest BCUT2D eigenvalue weighted by Gasteiger charge is -2.47. The molecule has 1 aromatic rings. The Balaban J connectivity index is 2.05. The molecule has 0 bridgehead atoms. The van der Waals surface area contributed by atoms with E-state index in [1.165, 1.54) is 5.69 Å². The molecular weight excluding hydrogens is 174 g/mol. The lowest BCUT2D eigenvalue weighted by Crippen LogP contribution is -2.53. The molecule has 0 unspecified atom stereocenters. The van der Waals surface area contributed by atoms with Gasteiger partial charge in [0.15, 0.2) is 0 Å².